The van der Waals surface area contributed by atoms with Gasteiger partial charge in [-0.3, -0.25) is 0 Å². The highest BCUT2D eigenvalue weighted by atomic mass is 19.1. The summed E-state index contributed by atoms with van der Waals surface area (Å²) < 4.78 is 12.9. The highest BCUT2D eigenvalue weighted by Crippen LogP contribution is 2.21. The summed E-state index contributed by atoms with van der Waals surface area (Å²) >= 11 is 0. The van der Waals surface area contributed by atoms with Crippen LogP contribution in [0.2, 0.25) is 0 Å². The van der Waals surface area contributed by atoms with Gasteiger partial charge in [0.1, 0.15) is 5.82 Å². The molecule has 21 heavy (non-hydrogen) atoms. The van der Waals surface area contributed by atoms with E-state index >= 15 is 0 Å². The fourth-order valence-corrected chi connectivity index (χ4v) is 3.11. The van der Waals surface area contributed by atoms with Crippen molar-refractivity contribution in [3.8, 4) is 0 Å². The monoisotopic (exact) mass is 294 g/mol. The Labute approximate surface area is 127 Å². The molecule has 0 bridgehead atoms. The summed E-state index contributed by atoms with van der Waals surface area (Å²) in [5, 5.41) is 10.3. The largest absolute Gasteiger partial charge is 0.387 e. The van der Waals surface area contributed by atoms with E-state index in [0.717, 1.165) is 38.3 Å². The van der Waals surface area contributed by atoms with Gasteiger partial charge in [0, 0.05) is 19.6 Å². The molecule has 0 aliphatic carbocycles. The van der Waals surface area contributed by atoms with Gasteiger partial charge in [-0.25, -0.2) is 4.39 Å². The van der Waals surface area contributed by atoms with Crippen LogP contribution >= 0.6 is 0 Å². The molecule has 3 nitrogen and oxygen atoms in total. The number of β-amino-alcohol motifs (C(OH)–C–C–N with tert-alkyl or cyclic N) is 1. The number of likely N-dealkylation sites (tertiary alicyclic amines) is 1. The molecule has 1 fully saturated rings. The van der Waals surface area contributed by atoms with Crippen LogP contribution in [0.25, 0.3) is 0 Å². The molecular formula is C17H27FN2O. The molecule has 1 saturated heterocycles. The lowest BCUT2D eigenvalue weighted by molar-refractivity contribution is 0.122. The number of hydrogen-bond acceptors (Lipinski definition) is 3. The normalized spacial score (nSPS) is 21.1. The molecule has 1 N–H and O–H groups in total. The fourth-order valence-electron chi connectivity index (χ4n) is 3.11. The zero-order valence-electron chi connectivity index (χ0n) is 13.1. The van der Waals surface area contributed by atoms with E-state index in [1.54, 1.807) is 12.1 Å². The first-order valence-corrected chi connectivity index (χ1v) is 8.00. The van der Waals surface area contributed by atoms with Gasteiger partial charge in [0.05, 0.1) is 6.10 Å². The minimum atomic E-state index is -0.530. The second-order valence-electron chi connectivity index (χ2n) is 5.97. The highest BCUT2D eigenvalue weighted by Gasteiger charge is 2.25. The SMILES string of the molecule is CCN(CC)CC1CCN(CC(O)c2ccc(F)cc2)C1. The van der Waals surface area contributed by atoms with E-state index in [2.05, 4.69) is 23.6 Å². The Morgan fingerprint density at radius 3 is 2.57 bits per heavy atom. The Morgan fingerprint density at radius 2 is 1.95 bits per heavy atom. The number of rotatable bonds is 7. The van der Waals surface area contributed by atoms with Gasteiger partial charge in [0.2, 0.25) is 0 Å². The molecule has 1 aliphatic heterocycles. The van der Waals surface area contributed by atoms with Crippen molar-refractivity contribution in [2.24, 2.45) is 5.92 Å². The van der Waals surface area contributed by atoms with Gasteiger partial charge in [-0.2, -0.15) is 0 Å². The third kappa shape index (κ3) is 4.77. The average Bonchev–Trinajstić information content (AvgIpc) is 2.92. The summed E-state index contributed by atoms with van der Waals surface area (Å²) in [5.41, 5.74) is 0.795. The molecule has 2 atom stereocenters. The molecule has 0 spiro atoms. The number of aliphatic hydroxyl groups is 1. The Bertz CT molecular complexity index is 419. The van der Waals surface area contributed by atoms with Crippen LogP contribution in [0.1, 0.15) is 31.9 Å². The van der Waals surface area contributed by atoms with E-state index in [9.17, 15) is 9.50 Å². The van der Waals surface area contributed by atoms with Gasteiger partial charge in [0.15, 0.2) is 0 Å². The Balaban J connectivity index is 1.80. The van der Waals surface area contributed by atoms with E-state index in [-0.39, 0.29) is 5.82 Å². The maximum Gasteiger partial charge on any atom is 0.123 e. The van der Waals surface area contributed by atoms with Gasteiger partial charge >= 0.3 is 0 Å². The first-order valence-electron chi connectivity index (χ1n) is 8.00. The first-order chi connectivity index (χ1) is 10.1. The zero-order valence-corrected chi connectivity index (χ0v) is 13.1. The number of benzene rings is 1. The highest BCUT2D eigenvalue weighted by molar-refractivity contribution is 5.18. The number of halogens is 1. The third-order valence-corrected chi connectivity index (χ3v) is 4.47. The van der Waals surface area contributed by atoms with Crippen molar-refractivity contribution < 1.29 is 9.50 Å². The molecule has 0 aromatic heterocycles. The van der Waals surface area contributed by atoms with Crippen LogP contribution in [-0.2, 0) is 0 Å². The van der Waals surface area contributed by atoms with Crippen LogP contribution < -0.4 is 0 Å². The van der Waals surface area contributed by atoms with Crippen molar-refractivity contribution in [2.75, 3.05) is 39.3 Å². The molecule has 0 radical (unpaired) electrons. The molecule has 1 heterocycles. The van der Waals surface area contributed by atoms with Crippen LogP contribution in [-0.4, -0.2) is 54.2 Å². The fraction of sp³-hybridized carbons (Fsp3) is 0.647. The second kappa shape index (κ2) is 7.87. The van der Waals surface area contributed by atoms with Crippen LogP contribution in [0, 0.1) is 11.7 Å². The summed E-state index contributed by atoms with van der Waals surface area (Å²) in [6, 6.07) is 6.16. The predicted octanol–water partition coefficient (Wildman–Crippen LogP) is 2.52. The van der Waals surface area contributed by atoms with Crippen LogP contribution in [0.3, 0.4) is 0 Å². The minimum Gasteiger partial charge on any atom is -0.387 e. The Hall–Kier alpha value is -0.970. The molecule has 1 aliphatic rings. The molecule has 1 aromatic carbocycles. The van der Waals surface area contributed by atoms with Crippen molar-refractivity contribution in [1.29, 1.82) is 0 Å². The van der Waals surface area contributed by atoms with Gasteiger partial charge in [0.25, 0.3) is 0 Å². The first kappa shape index (κ1) is 16.4. The molecule has 1 aromatic rings. The topological polar surface area (TPSA) is 26.7 Å². The number of hydrogen-bond donors (Lipinski definition) is 1. The minimum absolute atomic E-state index is 0.258. The quantitative estimate of drug-likeness (QED) is 0.837. The van der Waals surface area contributed by atoms with Gasteiger partial charge in [-0.15, -0.1) is 0 Å². The summed E-state index contributed by atoms with van der Waals surface area (Å²) in [5.74, 6) is 0.441. The van der Waals surface area contributed by atoms with Crippen molar-refractivity contribution in [1.82, 2.24) is 9.80 Å². The number of aliphatic hydroxyl groups excluding tert-OH is 1. The van der Waals surface area contributed by atoms with Gasteiger partial charge in [-0.1, -0.05) is 26.0 Å². The Kier molecular flexibility index (Phi) is 6.15. The van der Waals surface area contributed by atoms with E-state index < -0.39 is 6.10 Å². The van der Waals surface area contributed by atoms with Crippen molar-refractivity contribution >= 4 is 0 Å². The van der Waals surface area contributed by atoms with Gasteiger partial charge < -0.3 is 14.9 Å². The van der Waals surface area contributed by atoms with Crippen molar-refractivity contribution in [3.63, 3.8) is 0 Å². The molecule has 4 heteroatoms. The van der Waals surface area contributed by atoms with Crippen LogP contribution in [0.4, 0.5) is 4.39 Å². The second-order valence-corrected chi connectivity index (χ2v) is 5.97. The lowest BCUT2D eigenvalue weighted by Crippen LogP contribution is -2.32. The molecule has 2 rings (SSSR count). The van der Waals surface area contributed by atoms with E-state index in [4.69, 9.17) is 0 Å². The smallest absolute Gasteiger partial charge is 0.123 e. The lowest BCUT2D eigenvalue weighted by atomic mass is 10.1. The molecule has 0 saturated carbocycles. The molecule has 118 valence electrons. The van der Waals surface area contributed by atoms with Crippen LogP contribution in [0.5, 0.6) is 0 Å². The number of nitrogens with zero attached hydrogens (tertiary/aromatic N) is 2. The molecule has 0 amide bonds. The Morgan fingerprint density at radius 1 is 1.29 bits per heavy atom. The van der Waals surface area contributed by atoms with Gasteiger partial charge in [-0.05, 0) is 49.7 Å². The lowest BCUT2D eigenvalue weighted by Gasteiger charge is -2.23. The maximum atomic E-state index is 12.9. The van der Waals surface area contributed by atoms with Crippen LogP contribution in [0.15, 0.2) is 24.3 Å². The third-order valence-electron chi connectivity index (χ3n) is 4.47. The predicted molar refractivity (Wildman–Crippen MR) is 83.7 cm³/mol. The van der Waals surface area contributed by atoms with Crippen molar-refractivity contribution in [2.45, 2.75) is 26.4 Å². The van der Waals surface area contributed by atoms with E-state index in [1.807, 2.05) is 0 Å². The van der Waals surface area contributed by atoms with Crippen molar-refractivity contribution in [3.05, 3.63) is 35.6 Å². The summed E-state index contributed by atoms with van der Waals surface area (Å²) in [7, 11) is 0. The van der Waals surface area contributed by atoms with E-state index in [1.165, 1.54) is 18.6 Å². The summed E-state index contributed by atoms with van der Waals surface area (Å²) in [6.45, 7) is 10.5. The standard InChI is InChI=1S/C17H27FN2O/c1-3-19(4-2)11-14-9-10-20(12-14)13-17(21)15-5-7-16(18)8-6-15/h5-8,14,17,21H,3-4,9-13H2,1-2H3. The molecular weight excluding hydrogens is 267 g/mol. The maximum absolute atomic E-state index is 12.9. The molecule has 2 unspecified atom stereocenters. The van der Waals surface area contributed by atoms with E-state index in [0.29, 0.717) is 12.5 Å². The average molecular weight is 294 g/mol. The zero-order chi connectivity index (χ0) is 15.2. The summed E-state index contributed by atoms with van der Waals surface area (Å²) in [6.07, 6.45) is 0.671. The summed E-state index contributed by atoms with van der Waals surface area (Å²) in [4.78, 5) is 4.78.